The molecule has 15 heavy (non-hydrogen) atoms. The van der Waals surface area contributed by atoms with E-state index in [1.54, 1.807) is 24.4 Å². The zero-order valence-electron chi connectivity index (χ0n) is 8.56. The van der Waals surface area contributed by atoms with Crippen LogP contribution in [-0.2, 0) is 14.3 Å². The minimum atomic E-state index is -0.862. The number of esters is 2. The first kappa shape index (κ1) is 11.7. The highest BCUT2D eigenvalue weighted by molar-refractivity contribution is 7.11. The zero-order valence-corrected chi connectivity index (χ0v) is 9.37. The van der Waals surface area contributed by atoms with E-state index in [1.807, 2.05) is 0 Å². The third kappa shape index (κ3) is 3.36. The van der Waals surface area contributed by atoms with Gasteiger partial charge in [-0.05, 0) is 25.3 Å². The van der Waals surface area contributed by atoms with Crippen LogP contribution >= 0.6 is 11.3 Å². The van der Waals surface area contributed by atoms with E-state index in [2.05, 4.69) is 0 Å². The van der Waals surface area contributed by atoms with Crippen molar-refractivity contribution < 1.29 is 19.1 Å². The SMILES string of the molecule is CCOC(=O)[C@@H](C)OC(=O)c1cccs1. The quantitative estimate of drug-likeness (QED) is 0.738. The Bertz CT molecular complexity index is 331. The number of carbonyl (C=O) groups is 2. The van der Waals surface area contributed by atoms with Crippen LogP contribution in [0.4, 0.5) is 0 Å². The van der Waals surface area contributed by atoms with Crippen LogP contribution in [0.3, 0.4) is 0 Å². The Hall–Kier alpha value is -1.36. The van der Waals surface area contributed by atoms with Gasteiger partial charge in [-0.15, -0.1) is 11.3 Å². The van der Waals surface area contributed by atoms with Crippen LogP contribution in [0, 0.1) is 0 Å². The van der Waals surface area contributed by atoms with Crippen LogP contribution in [0.2, 0.25) is 0 Å². The van der Waals surface area contributed by atoms with Gasteiger partial charge < -0.3 is 9.47 Å². The second-order valence-electron chi connectivity index (χ2n) is 2.78. The maximum Gasteiger partial charge on any atom is 0.349 e. The van der Waals surface area contributed by atoms with Crippen LogP contribution in [-0.4, -0.2) is 24.6 Å². The van der Waals surface area contributed by atoms with Gasteiger partial charge in [0.2, 0.25) is 0 Å². The van der Waals surface area contributed by atoms with E-state index in [4.69, 9.17) is 9.47 Å². The summed E-state index contributed by atoms with van der Waals surface area (Å²) in [6, 6.07) is 3.39. The van der Waals surface area contributed by atoms with E-state index in [9.17, 15) is 9.59 Å². The van der Waals surface area contributed by atoms with Crippen molar-refractivity contribution in [3.05, 3.63) is 22.4 Å². The maximum atomic E-state index is 11.4. The van der Waals surface area contributed by atoms with Crippen LogP contribution < -0.4 is 0 Å². The van der Waals surface area contributed by atoms with E-state index < -0.39 is 18.0 Å². The van der Waals surface area contributed by atoms with Gasteiger partial charge in [0, 0.05) is 0 Å². The van der Waals surface area contributed by atoms with Crippen molar-refractivity contribution in [3.63, 3.8) is 0 Å². The highest BCUT2D eigenvalue weighted by Gasteiger charge is 2.20. The van der Waals surface area contributed by atoms with Crippen molar-refractivity contribution in [1.82, 2.24) is 0 Å². The molecule has 0 aliphatic rings. The topological polar surface area (TPSA) is 52.6 Å². The summed E-state index contributed by atoms with van der Waals surface area (Å²) < 4.78 is 9.62. The van der Waals surface area contributed by atoms with E-state index in [-0.39, 0.29) is 6.61 Å². The van der Waals surface area contributed by atoms with Gasteiger partial charge in [-0.1, -0.05) is 6.07 Å². The zero-order chi connectivity index (χ0) is 11.3. The van der Waals surface area contributed by atoms with Gasteiger partial charge in [-0.25, -0.2) is 9.59 Å². The smallest absolute Gasteiger partial charge is 0.349 e. The molecule has 1 aromatic rings. The Labute approximate surface area is 91.8 Å². The molecule has 0 fully saturated rings. The number of ether oxygens (including phenoxy) is 2. The Morgan fingerprint density at radius 2 is 2.27 bits per heavy atom. The minimum absolute atomic E-state index is 0.278. The molecule has 0 bridgehead atoms. The molecule has 0 saturated heterocycles. The Kier molecular flexibility index (Phi) is 4.30. The summed E-state index contributed by atoms with van der Waals surface area (Å²) in [5.74, 6) is -1.02. The standard InChI is InChI=1S/C10H12O4S/c1-3-13-9(11)7(2)14-10(12)8-5-4-6-15-8/h4-7H,3H2,1-2H3/t7-/m1/s1. The summed E-state index contributed by atoms with van der Waals surface area (Å²) in [5, 5.41) is 1.77. The minimum Gasteiger partial charge on any atom is -0.463 e. The summed E-state index contributed by atoms with van der Waals surface area (Å²) in [6.45, 7) is 3.47. The van der Waals surface area contributed by atoms with Crippen molar-refractivity contribution in [1.29, 1.82) is 0 Å². The predicted octanol–water partition coefficient (Wildman–Crippen LogP) is 1.86. The Morgan fingerprint density at radius 3 is 2.80 bits per heavy atom. The monoisotopic (exact) mass is 228 g/mol. The molecule has 0 spiro atoms. The number of thiophene rings is 1. The van der Waals surface area contributed by atoms with Gasteiger partial charge in [0.1, 0.15) is 4.88 Å². The third-order valence-corrected chi connectivity index (χ3v) is 2.47. The fourth-order valence-corrected chi connectivity index (χ4v) is 1.53. The van der Waals surface area contributed by atoms with E-state index in [0.29, 0.717) is 4.88 Å². The molecule has 0 radical (unpaired) electrons. The molecule has 82 valence electrons. The molecule has 1 rings (SSSR count). The first-order chi connectivity index (χ1) is 7.15. The van der Waals surface area contributed by atoms with E-state index in [1.165, 1.54) is 18.3 Å². The summed E-state index contributed by atoms with van der Waals surface area (Å²) >= 11 is 1.27. The largest absolute Gasteiger partial charge is 0.463 e. The third-order valence-electron chi connectivity index (χ3n) is 1.62. The van der Waals surface area contributed by atoms with Gasteiger partial charge >= 0.3 is 11.9 Å². The molecular formula is C10H12O4S. The number of carbonyl (C=O) groups excluding carboxylic acids is 2. The first-order valence-corrected chi connectivity index (χ1v) is 5.44. The van der Waals surface area contributed by atoms with E-state index >= 15 is 0 Å². The maximum absolute atomic E-state index is 11.4. The molecule has 0 aliphatic heterocycles. The van der Waals surface area contributed by atoms with Gasteiger partial charge in [-0.2, -0.15) is 0 Å². The molecule has 0 N–H and O–H groups in total. The molecule has 1 aromatic heterocycles. The molecule has 0 saturated carbocycles. The van der Waals surface area contributed by atoms with Crippen LogP contribution in [0.15, 0.2) is 17.5 Å². The van der Waals surface area contributed by atoms with Crippen LogP contribution in [0.25, 0.3) is 0 Å². The number of rotatable bonds is 4. The van der Waals surface area contributed by atoms with Crippen molar-refractivity contribution in [2.75, 3.05) is 6.61 Å². The molecular weight excluding hydrogens is 216 g/mol. The summed E-state index contributed by atoms with van der Waals surface area (Å²) in [5.41, 5.74) is 0. The van der Waals surface area contributed by atoms with Gasteiger partial charge in [0.05, 0.1) is 6.61 Å². The van der Waals surface area contributed by atoms with Gasteiger partial charge in [0.15, 0.2) is 6.10 Å². The highest BCUT2D eigenvalue weighted by Crippen LogP contribution is 2.11. The lowest BCUT2D eigenvalue weighted by atomic mass is 10.4. The molecule has 0 aliphatic carbocycles. The summed E-state index contributed by atoms with van der Waals surface area (Å²) in [6.07, 6.45) is -0.862. The lowest BCUT2D eigenvalue weighted by Gasteiger charge is -2.10. The number of hydrogen-bond acceptors (Lipinski definition) is 5. The van der Waals surface area contributed by atoms with Crippen LogP contribution in [0.5, 0.6) is 0 Å². The van der Waals surface area contributed by atoms with Crippen molar-refractivity contribution in [3.8, 4) is 0 Å². The predicted molar refractivity (Wildman–Crippen MR) is 55.8 cm³/mol. The van der Waals surface area contributed by atoms with Gasteiger partial charge in [0.25, 0.3) is 0 Å². The van der Waals surface area contributed by atoms with Crippen molar-refractivity contribution >= 4 is 23.3 Å². The van der Waals surface area contributed by atoms with Crippen molar-refractivity contribution in [2.45, 2.75) is 20.0 Å². The number of hydrogen-bond donors (Lipinski definition) is 0. The first-order valence-electron chi connectivity index (χ1n) is 4.56. The van der Waals surface area contributed by atoms with Crippen LogP contribution in [0.1, 0.15) is 23.5 Å². The fourth-order valence-electron chi connectivity index (χ4n) is 0.921. The second kappa shape index (κ2) is 5.50. The van der Waals surface area contributed by atoms with Gasteiger partial charge in [-0.3, -0.25) is 0 Å². The summed E-state index contributed by atoms with van der Waals surface area (Å²) in [7, 11) is 0. The molecule has 5 heteroatoms. The average Bonchev–Trinajstić information content (AvgIpc) is 2.70. The lowest BCUT2D eigenvalue weighted by molar-refractivity contribution is -0.152. The highest BCUT2D eigenvalue weighted by atomic mass is 32.1. The fraction of sp³-hybridized carbons (Fsp3) is 0.400. The molecule has 0 aromatic carbocycles. The summed E-state index contributed by atoms with van der Waals surface area (Å²) in [4.78, 5) is 23.0. The average molecular weight is 228 g/mol. The molecule has 1 atom stereocenters. The van der Waals surface area contributed by atoms with E-state index in [0.717, 1.165) is 0 Å². The molecule has 0 unspecified atom stereocenters. The molecule has 0 amide bonds. The molecule has 1 heterocycles. The normalized spacial score (nSPS) is 11.9. The molecule has 4 nitrogen and oxygen atoms in total. The van der Waals surface area contributed by atoms with Crippen molar-refractivity contribution in [2.24, 2.45) is 0 Å². The Morgan fingerprint density at radius 1 is 1.53 bits per heavy atom. The lowest BCUT2D eigenvalue weighted by Crippen LogP contribution is -2.25. The second-order valence-corrected chi connectivity index (χ2v) is 3.72. The Balaban J connectivity index is 2.48.